The summed E-state index contributed by atoms with van der Waals surface area (Å²) in [5.74, 6) is -40.0. The Morgan fingerprint density at radius 2 is 0.533 bits per heavy atom. The minimum atomic E-state index is -4.24. The number of hydrogen-bond acceptors (Lipinski definition) is 6. The van der Waals surface area contributed by atoms with Gasteiger partial charge in [0.1, 0.15) is 10.4 Å². The number of hydrogen-bond donors (Lipinski definition) is 0. The molecular weight excluding hydrogens is 1220 g/mol. The van der Waals surface area contributed by atoms with E-state index in [2.05, 4.69) is 0 Å². The van der Waals surface area contributed by atoms with Gasteiger partial charge in [-0.25, -0.2) is 87.8 Å². The highest BCUT2D eigenvalue weighted by Crippen LogP contribution is 2.31. The number of halogens is 24. The molecule has 0 saturated carbocycles. The van der Waals surface area contributed by atoms with Crippen molar-refractivity contribution in [1.29, 1.82) is 0 Å². The van der Waals surface area contributed by atoms with Gasteiger partial charge in [0, 0.05) is 52.3 Å². The van der Waals surface area contributed by atoms with Gasteiger partial charge in [-0.2, -0.15) is 11.1 Å². The molecule has 0 aliphatic rings. The van der Waals surface area contributed by atoms with E-state index < -0.39 is 169 Å². The average Bonchev–Trinajstić information content (AvgIpc) is 3.35. The molecule has 34 heteroatoms. The van der Waals surface area contributed by atoms with Crippen LogP contribution in [0.1, 0.15) is 44.7 Å². The van der Waals surface area contributed by atoms with E-state index >= 15 is 0 Å². The first-order valence-corrected chi connectivity index (χ1v) is 33.8. The maximum atomic E-state index is 13.9. The second-order valence-corrected chi connectivity index (χ2v) is 36.7. The minimum absolute atomic E-state index is 0.0288. The highest BCUT2D eigenvalue weighted by atomic mass is 35.8. The summed E-state index contributed by atoms with van der Waals surface area (Å²) in [6.07, 6.45) is -0.274. The molecule has 0 radical (unpaired) electrons. The topological polar surface area (TPSA) is 55.4 Å². The standard InChI is InChI=1S/C12H15F5O3Si.C11H12ClF5Si.C9H6Cl3F5Si.C9H9F5O3Si/c1-4-18-21(19-5-2,20-6-3)12-10(16)8(14)7(13)9(15)11(12)17;1-18(2,12)5-3-4-6-7(13)9(15)11(17)10(16)8(6)14;10-18(11,12)3-1-2-4-5(13)7(15)9(17)8(16)6(4)14;1-15-18(16-2,17-3)9-7(13)5(11)4(10)6(12)8(9)14/h4-6H2,1-3H3;3-5H2,1-2H3;1-3H2;1-3H3. The van der Waals surface area contributed by atoms with Crippen LogP contribution in [0.25, 0.3) is 0 Å². The molecule has 75 heavy (non-hydrogen) atoms. The van der Waals surface area contributed by atoms with Gasteiger partial charge in [-0.15, -0.1) is 33.2 Å². The summed E-state index contributed by atoms with van der Waals surface area (Å²) in [5.41, 5.74) is -1.64. The van der Waals surface area contributed by atoms with Crippen LogP contribution in [-0.2, 0) is 39.4 Å². The molecule has 4 aromatic rings. The fraction of sp³-hybridized carbons (Fsp3) is 0.415. The van der Waals surface area contributed by atoms with E-state index in [1.807, 2.05) is 13.1 Å². The lowest BCUT2D eigenvalue weighted by Gasteiger charge is -2.29. The van der Waals surface area contributed by atoms with Crippen molar-refractivity contribution < 1.29 is 114 Å². The van der Waals surface area contributed by atoms with E-state index in [1.54, 1.807) is 0 Å². The van der Waals surface area contributed by atoms with Crippen LogP contribution in [0, 0.1) is 116 Å². The van der Waals surface area contributed by atoms with E-state index in [0.717, 1.165) is 21.3 Å². The molecular formula is C41H42Cl4F20O6Si4. The van der Waals surface area contributed by atoms with Crippen LogP contribution >= 0.6 is 44.3 Å². The Bertz CT molecular complexity index is 2370. The molecule has 6 nitrogen and oxygen atoms in total. The second-order valence-electron chi connectivity index (χ2n) is 15.1. The SMILES string of the molecule is CCO[Si](OCC)(OCC)c1c(F)c(F)c(F)c(F)c1F.CO[Si](OC)(OC)c1c(F)c(F)c(F)c(F)c1F.C[Si](C)(Cl)CCCc1c(F)c(F)c(F)c(F)c1F.Fc1c(F)c(F)c(CCC[Si](Cl)(Cl)Cl)c(F)c1F. The van der Waals surface area contributed by atoms with Crippen LogP contribution in [0.3, 0.4) is 0 Å². The Labute approximate surface area is 438 Å². The summed E-state index contributed by atoms with van der Waals surface area (Å²) in [7, 11) is -7.38. The zero-order chi connectivity index (χ0) is 58.5. The molecule has 0 bridgehead atoms. The second kappa shape index (κ2) is 30.0. The largest absolute Gasteiger partial charge is 0.543 e. The lowest BCUT2D eigenvalue weighted by molar-refractivity contribution is 0.0838. The lowest BCUT2D eigenvalue weighted by Crippen LogP contribution is -2.60. The Balaban J connectivity index is 0.000000501. The highest BCUT2D eigenvalue weighted by Gasteiger charge is 2.51. The zero-order valence-corrected chi connectivity index (χ0v) is 46.9. The van der Waals surface area contributed by atoms with Gasteiger partial charge in [-0.3, -0.25) is 0 Å². The van der Waals surface area contributed by atoms with Crippen molar-refractivity contribution in [2.75, 3.05) is 41.2 Å². The lowest BCUT2D eigenvalue weighted by atomic mass is 10.1. The molecule has 0 amide bonds. The van der Waals surface area contributed by atoms with Crippen LogP contribution < -0.4 is 10.4 Å². The Hall–Kier alpha value is -2.73. The first kappa shape index (κ1) is 70.3. The Kier molecular flexibility index (Phi) is 28.1. The van der Waals surface area contributed by atoms with Gasteiger partial charge < -0.3 is 26.6 Å². The molecule has 0 aliphatic heterocycles. The molecule has 0 aliphatic carbocycles. The van der Waals surface area contributed by atoms with Crippen molar-refractivity contribution in [1.82, 2.24) is 0 Å². The van der Waals surface area contributed by atoms with Crippen LogP contribution in [0.4, 0.5) is 87.8 Å². The van der Waals surface area contributed by atoms with Crippen molar-refractivity contribution in [3.63, 3.8) is 0 Å². The van der Waals surface area contributed by atoms with E-state index in [0.29, 0.717) is 12.5 Å². The summed E-state index contributed by atoms with van der Waals surface area (Å²) in [5, 5.41) is -2.38. The van der Waals surface area contributed by atoms with Crippen LogP contribution in [0.5, 0.6) is 0 Å². The van der Waals surface area contributed by atoms with Gasteiger partial charge in [0.05, 0.1) is 0 Å². The summed E-state index contributed by atoms with van der Waals surface area (Å²) < 4.78 is 293. The van der Waals surface area contributed by atoms with Crippen molar-refractivity contribution in [2.45, 2.75) is 71.6 Å². The van der Waals surface area contributed by atoms with Crippen molar-refractivity contribution >= 4 is 85.7 Å². The highest BCUT2D eigenvalue weighted by molar-refractivity contribution is 7.64. The summed E-state index contributed by atoms with van der Waals surface area (Å²) in [4.78, 5) is 0. The molecule has 0 N–H and O–H groups in total. The Morgan fingerprint density at radius 3 is 0.747 bits per heavy atom. The molecule has 0 atom stereocenters. The third-order valence-electron chi connectivity index (χ3n) is 9.53. The third kappa shape index (κ3) is 17.4. The fourth-order valence-electron chi connectivity index (χ4n) is 6.11. The molecule has 0 fully saturated rings. The molecule has 0 heterocycles. The normalized spacial score (nSPS) is 12.0. The number of benzene rings is 4. The molecule has 0 aromatic heterocycles. The minimum Gasteiger partial charge on any atom is -0.373 e. The van der Waals surface area contributed by atoms with E-state index in [-0.39, 0.29) is 45.1 Å². The van der Waals surface area contributed by atoms with Gasteiger partial charge in [-0.1, -0.05) is 19.5 Å². The van der Waals surface area contributed by atoms with E-state index in [4.69, 9.17) is 70.9 Å². The average molecular weight is 1260 g/mol. The van der Waals surface area contributed by atoms with Crippen molar-refractivity contribution in [3.8, 4) is 0 Å². The molecule has 4 aromatic carbocycles. The fourth-order valence-corrected chi connectivity index (χ4v) is 13.8. The molecule has 426 valence electrons. The zero-order valence-electron chi connectivity index (χ0n) is 39.9. The van der Waals surface area contributed by atoms with Gasteiger partial charge in [0.25, 0.3) is 0 Å². The number of rotatable bonds is 19. The van der Waals surface area contributed by atoms with Gasteiger partial charge in [-0.05, 0) is 52.1 Å². The van der Waals surface area contributed by atoms with Gasteiger partial charge in [0.15, 0.2) is 100 Å². The first-order chi connectivity index (χ1) is 34.5. The van der Waals surface area contributed by atoms with Crippen LogP contribution in [0.15, 0.2) is 0 Å². The molecule has 0 unspecified atom stereocenters. The maximum Gasteiger partial charge on any atom is 0.543 e. The third-order valence-corrected chi connectivity index (χ3v) is 20.0. The maximum absolute atomic E-state index is 13.9. The summed E-state index contributed by atoms with van der Waals surface area (Å²) in [6.45, 7) is 7.92. The summed E-state index contributed by atoms with van der Waals surface area (Å²) >= 11 is 22.6. The van der Waals surface area contributed by atoms with E-state index in [9.17, 15) is 87.8 Å². The smallest absolute Gasteiger partial charge is 0.373 e. The van der Waals surface area contributed by atoms with E-state index in [1.165, 1.54) is 20.8 Å². The molecule has 4 rings (SSSR count). The molecule has 0 spiro atoms. The Morgan fingerprint density at radius 1 is 0.320 bits per heavy atom. The predicted octanol–water partition coefficient (Wildman–Crippen LogP) is 13.8. The summed E-state index contributed by atoms with van der Waals surface area (Å²) in [6, 6.07) is -2.37. The van der Waals surface area contributed by atoms with Gasteiger partial charge >= 0.3 is 23.6 Å². The van der Waals surface area contributed by atoms with Crippen molar-refractivity contribution in [2.24, 2.45) is 0 Å². The van der Waals surface area contributed by atoms with Crippen molar-refractivity contribution in [3.05, 3.63) is 127 Å². The predicted molar refractivity (Wildman–Crippen MR) is 245 cm³/mol. The molecule has 0 saturated heterocycles. The van der Waals surface area contributed by atoms with Crippen LogP contribution in [-0.4, -0.2) is 72.1 Å². The van der Waals surface area contributed by atoms with Crippen LogP contribution in [0.2, 0.25) is 25.2 Å². The quantitative estimate of drug-likeness (QED) is 0.0307. The van der Waals surface area contributed by atoms with Gasteiger partial charge in [0.2, 0.25) is 23.3 Å². The monoisotopic (exact) mass is 1260 g/mol. The first-order valence-electron chi connectivity index (χ1n) is 20.9.